The highest BCUT2D eigenvalue weighted by atomic mass is 32.2. The molecule has 0 aliphatic carbocycles. The molecule has 23 heavy (non-hydrogen) atoms. The third-order valence-corrected chi connectivity index (χ3v) is 5.58. The number of hydrogen-bond donors (Lipinski definition) is 0. The molecule has 0 saturated carbocycles. The Balaban J connectivity index is 2.04. The largest absolute Gasteiger partial charge is 0.465 e. The van der Waals surface area contributed by atoms with Gasteiger partial charge in [0.05, 0.1) is 18.7 Å². The Labute approximate surface area is 145 Å². The molecule has 1 aromatic carbocycles. The predicted octanol–water partition coefficient (Wildman–Crippen LogP) is 4.87. The summed E-state index contributed by atoms with van der Waals surface area (Å²) in [6.45, 7) is 6.82. The van der Waals surface area contributed by atoms with Gasteiger partial charge in [-0.05, 0) is 30.9 Å². The normalized spacial score (nSPS) is 13.1. The molecule has 0 spiro atoms. The number of rotatable bonds is 7. The Kier molecular flexibility index (Phi) is 6.99. The molecule has 1 atom stereocenters. The van der Waals surface area contributed by atoms with Crippen molar-refractivity contribution in [1.82, 2.24) is 0 Å². The van der Waals surface area contributed by atoms with Gasteiger partial charge < -0.3 is 4.74 Å². The summed E-state index contributed by atoms with van der Waals surface area (Å²) < 4.78 is 6.39. The average molecular weight is 350 g/mol. The van der Waals surface area contributed by atoms with E-state index in [-0.39, 0.29) is 12.4 Å². The minimum atomic E-state index is -0.179. The van der Waals surface area contributed by atoms with E-state index in [0.717, 1.165) is 28.1 Å². The van der Waals surface area contributed by atoms with E-state index in [1.807, 2.05) is 24.3 Å². The van der Waals surface area contributed by atoms with E-state index in [1.165, 1.54) is 4.88 Å². The molecule has 0 fully saturated rings. The third kappa shape index (κ3) is 5.92. The van der Waals surface area contributed by atoms with Crippen molar-refractivity contribution < 1.29 is 9.53 Å². The highest BCUT2D eigenvalue weighted by Crippen LogP contribution is 2.20. The molecule has 1 unspecified atom stereocenters. The van der Waals surface area contributed by atoms with Gasteiger partial charge in [-0.2, -0.15) is 0 Å². The lowest BCUT2D eigenvalue weighted by Crippen LogP contribution is -2.14. The molecule has 0 saturated heterocycles. The zero-order valence-electron chi connectivity index (χ0n) is 13.9. The summed E-state index contributed by atoms with van der Waals surface area (Å²) in [6.07, 6.45) is 2.47. The van der Waals surface area contributed by atoms with Crippen molar-refractivity contribution in [3.8, 4) is 0 Å². The average Bonchev–Trinajstić information content (AvgIpc) is 2.93. The topological polar surface area (TPSA) is 38.7 Å². The van der Waals surface area contributed by atoms with E-state index >= 15 is 0 Å². The van der Waals surface area contributed by atoms with Crippen LogP contribution in [0.3, 0.4) is 0 Å². The van der Waals surface area contributed by atoms with Crippen molar-refractivity contribution >= 4 is 34.3 Å². The number of para-hydroxylation sites is 1. The molecule has 0 aliphatic heterocycles. The van der Waals surface area contributed by atoms with Crippen LogP contribution in [0.5, 0.6) is 0 Å². The van der Waals surface area contributed by atoms with Crippen molar-refractivity contribution in [3.05, 3.63) is 44.1 Å². The molecule has 1 aromatic heterocycles. The first-order valence-corrected chi connectivity index (χ1v) is 9.61. The zero-order chi connectivity index (χ0) is 16.7. The Morgan fingerprint density at radius 2 is 2.13 bits per heavy atom. The molecular weight excluding hydrogens is 326 g/mol. The molecule has 5 heteroatoms. The molecule has 2 aromatic rings. The summed E-state index contributed by atoms with van der Waals surface area (Å²) in [7, 11) is 0. The maximum atomic E-state index is 12.1. The maximum absolute atomic E-state index is 12.1. The van der Waals surface area contributed by atoms with Crippen molar-refractivity contribution in [2.45, 2.75) is 40.0 Å². The van der Waals surface area contributed by atoms with Gasteiger partial charge in [0.15, 0.2) is 3.98 Å². The van der Waals surface area contributed by atoms with Crippen LogP contribution in [0.4, 0.5) is 5.69 Å². The van der Waals surface area contributed by atoms with Crippen molar-refractivity contribution in [2.75, 3.05) is 6.61 Å². The highest BCUT2D eigenvalue weighted by Gasteiger charge is 2.10. The molecule has 124 valence electrons. The third-order valence-electron chi connectivity index (χ3n) is 3.42. The molecule has 1 heterocycles. The second-order valence-corrected chi connectivity index (χ2v) is 8.06. The Morgan fingerprint density at radius 3 is 2.83 bits per heavy atom. The van der Waals surface area contributed by atoms with Crippen LogP contribution in [0.25, 0.3) is 0 Å². The van der Waals surface area contributed by atoms with E-state index < -0.39 is 0 Å². The lowest BCUT2D eigenvalue weighted by Gasteiger charge is -2.11. The zero-order valence-corrected chi connectivity index (χ0v) is 15.5. The van der Waals surface area contributed by atoms with E-state index in [4.69, 9.17) is 4.74 Å². The second kappa shape index (κ2) is 8.99. The lowest BCUT2D eigenvalue weighted by atomic mass is 10.1. The number of nitrogens with zero attached hydrogens (tertiary/aromatic N) is 1. The van der Waals surface area contributed by atoms with Gasteiger partial charge >= 0.3 is 5.97 Å². The SMILES string of the molecule is CCCC(C)COC(=O)Cc1ccccc1N=c1scc(C)s1. The monoisotopic (exact) mass is 349 g/mol. The van der Waals surface area contributed by atoms with Crippen LogP contribution in [0, 0.1) is 12.8 Å². The number of benzene rings is 1. The molecule has 2 rings (SSSR count). The number of hydrogen-bond acceptors (Lipinski definition) is 5. The van der Waals surface area contributed by atoms with E-state index in [1.54, 1.807) is 22.7 Å². The molecule has 3 nitrogen and oxygen atoms in total. The van der Waals surface area contributed by atoms with Gasteiger partial charge in [-0.1, -0.05) is 38.5 Å². The van der Waals surface area contributed by atoms with Crippen LogP contribution in [0.1, 0.15) is 37.1 Å². The fourth-order valence-electron chi connectivity index (χ4n) is 2.25. The Bertz CT molecular complexity index is 703. The minimum absolute atomic E-state index is 0.179. The number of carbonyl (C=O) groups excluding carboxylic acids is 1. The lowest BCUT2D eigenvalue weighted by molar-refractivity contribution is -0.144. The maximum Gasteiger partial charge on any atom is 0.310 e. The van der Waals surface area contributed by atoms with Crippen molar-refractivity contribution in [2.24, 2.45) is 10.9 Å². The van der Waals surface area contributed by atoms with Crippen molar-refractivity contribution in [3.63, 3.8) is 0 Å². The smallest absolute Gasteiger partial charge is 0.310 e. The number of ether oxygens (including phenoxy) is 1. The summed E-state index contributed by atoms with van der Waals surface area (Å²) in [5, 5.41) is 2.09. The van der Waals surface area contributed by atoms with E-state index in [2.05, 4.69) is 31.1 Å². The first-order valence-electron chi connectivity index (χ1n) is 7.92. The van der Waals surface area contributed by atoms with Crippen LogP contribution < -0.4 is 3.98 Å². The fourth-order valence-corrected chi connectivity index (χ4v) is 4.16. The Hall–Kier alpha value is -1.46. The minimum Gasteiger partial charge on any atom is -0.465 e. The van der Waals surface area contributed by atoms with Gasteiger partial charge in [-0.25, -0.2) is 4.99 Å². The first-order chi connectivity index (χ1) is 11.1. The molecule has 0 aliphatic rings. The quantitative estimate of drug-likeness (QED) is 0.669. The standard InChI is InChI=1S/C18H23NO2S2/c1-4-7-13(2)11-21-17(20)10-15-8-5-6-9-16(15)19-18-22-12-14(3)23-18/h5-6,8-9,12-13H,4,7,10-11H2,1-3H3. The number of esters is 1. The molecule has 0 amide bonds. The predicted molar refractivity (Wildman–Crippen MR) is 97.3 cm³/mol. The van der Waals surface area contributed by atoms with Crippen molar-refractivity contribution in [1.29, 1.82) is 0 Å². The summed E-state index contributed by atoms with van der Waals surface area (Å²) in [6, 6.07) is 7.78. The van der Waals surface area contributed by atoms with E-state index in [0.29, 0.717) is 12.5 Å². The fraction of sp³-hybridized carbons (Fsp3) is 0.444. The van der Waals surface area contributed by atoms with Gasteiger partial charge in [-0.3, -0.25) is 4.79 Å². The van der Waals surface area contributed by atoms with Crippen LogP contribution in [-0.2, 0) is 16.0 Å². The molecular formula is C18H23NO2S2. The summed E-state index contributed by atoms with van der Waals surface area (Å²) in [5.41, 5.74) is 1.77. The molecule has 0 N–H and O–H groups in total. The van der Waals surface area contributed by atoms with Gasteiger partial charge in [0.25, 0.3) is 0 Å². The highest BCUT2D eigenvalue weighted by molar-refractivity contribution is 7.26. The number of carbonyl (C=O) groups is 1. The first kappa shape index (κ1) is 17.9. The molecule has 0 bridgehead atoms. The van der Waals surface area contributed by atoms with Crippen LogP contribution >= 0.6 is 22.7 Å². The van der Waals surface area contributed by atoms with E-state index in [9.17, 15) is 4.79 Å². The van der Waals surface area contributed by atoms with Gasteiger partial charge in [-0.15, -0.1) is 22.7 Å². The number of aryl methyl sites for hydroxylation is 1. The van der Waals surface area contributed by atoms with Crippen LogP contribution in [-0.4, -0.2) is 12.6 Å². The Morgan fingerprint density at radius 1 is 1.35 bits per heavy atom. The van der Waals surface area contributed by atoms with Crippen LogP contribution in [0.2, 0.25) is 0 Å². The summed E-state index contributed by atoms with van der Waals surface area (Å²) in [4.78, 5) is 18.0. The summed E-state index contributed by atoms with van der Waals surface area (Å²) >= 11 is 3.29. The molecule has 0 radical (unpaired) electrons. The van der Waals surface area contributed by atoms with Crippen LogP contribution in [0.15, 0.2) is 34.6 Å². The van der Waals surface area contributed by atoms with Gasteiger partial charge in [0.1, 0.15) is 0 Å². The summed E-state index contributed by atoms with van der Waals surface area (Å²) in [5.74, 6) is 0.237. The second-order valence-electron chi connectivity index (χ2n) is 5.71. The van der Waals surface area contributed by atoms with Gasteiger partial charge in [0, 0.05) is 10.3 Å². The van der Waals surface area contributed by atoms with Gasteiger partial charge in [0.2, 0.25) is 0 Å².